The molecule has 1 saturated heterocycles. The van der Waals surface area contributed by atoms with Crippen LogP contribution in [0.2, 0.25) is 5.02 Å². The Bertz CT molecular complexity index is 419. The Labute approximate surface area is 106 Å². The third-order valence-corrected chi connectivity index (χ3v) is 3.63. The Morgan fingerprint density at radius 3 is 2.81 bits per heavy atom. The normalized spacial score (nSPS) is 20.1. The van der Waals surface area contributed by atoms with Crippen LogP contribution in [0.5, 0.6) is 0 Å². The summed E-state index contributed by atoms with van der Waals surface area (Å²) in [5.74, 6) is 0. The lowest BCUT2D eigenvalue weighted by atomic mass is 10.2. The van der Waals surface area contributed by atoms with Crippen LogP contribution in [0, 0.1) is 0 Å². The molecule has 1 aromatic carbocycles. The van der Waals surface area contributed by atoms with Crippen LogP contribution in [0.15, 0.2) is 18.2 Å². The minimum atomic E-state index is 0.392. The predicted molar refractivity (Wildman–Crippen MR) is 73.4 cm³/mol. The van der Waals surface area contributed by atoms with E-state index in [0.29, 0.717) is 11.0 Å². The van der Waals surface area contributed by atoms with Gasteiger partial charge in [-0.25, -0.2) is 0 Å². The molecule has 16 heavy (non-hydrogen) atoms. The largest absolute Gasteiger partial charge is 0.389 e. The van der Waals surface area contributed by atoms with Gasteiger partial charge in [0, 0.05) is 18.2 Å². The summed E-state index contributed by atoms with van der Waals surface area (Å²) in [6.45, 7) is 3.30. The van der Waals surface area contributed by atoms with Gasteiger partial charge in [0.2, 0.25) is 0 Å². The molecule has 2 N–H and O–H groups in total. The van der Waals surface area contributed by atoms with E-state index in [2.05, 4.69) is 11.8 Å². The number of benzene rings is 1. The van der Waals surface area contributed by atoms with E-state index in [1.165, 1.54) is 12.8 Å². The number of thiocarbonyl (C=S) groups is 1. The van der Waals surface area contributed by atoms with Crippen LogP contribution < -0.4 is 10.6 Å². The Hall–Kier alpha value is -0.800. The van der Waals surface area contributed by atoms with Crippen LogP contribution >= 0.6 is 23.8 Å². The van der Waals surface area contributed by atoms with Crippen molar-refractivity contribution in [1.82, 2.24) is 0 Å². The fourth-order valence-electron chi connectivity index (χ4n) is 2.18. The van der Waals surface area contributed by atoms with Crippen LogP contribution in [0.3, 0.4) is 0 Å². The average Bonchev–Trinajstić information content (AvgIpc) is 2.64. The van der Waals surface area contributed by atoms with E-state index >= 15 is 0 Å². The highest BCUT2D eigenvalue weighted by Crippen LogP contribution is 2.32. The second-order valence-electron chi connectivity index (χ2n) is 4.22. The van der Waals surface area contributed by atoms with Gasteiger partial charge in [-0.3, -0.25) is 0 Å². The molecule has 1 unspecified atom stereocenters. The van der Waals surface area contributed by atoms with Gasteiger partial charge in [0.25, 0.3) is 0 Å². The molecule has 0 aromatic heterocycles. The third-order valence-electron chi connectivity index (χ3n) is 3.09. The Kier molecular flexibility index (Phi) is 3.36. The number of nitrogens with two attached hydrogens (primary N) is 1. The van der Waals surface area contributed by atoms with E-state index in [-0.39, 0.29) is 0 Å². The van der Waals surface area contributed by atoms with Crippen molar-refractivity contribution < 1.29 is 0 Å². The van der Waals surface area contributed by atoms with Gasteiger partial charge in [-0.1, -0.05) is 23.8 Å². The molecule has 1 aromatic rings. The summed E-state index contributed by atoms with van der Waals surface area (Å²) in [7, 11) is 0. The predicted octanol–water partition coefficient (Wildman–Crippen LogP) is 2.96. The summed E-state index contributed by atoms with van der Waals surface area (Å²) >= 11 is 11.2. The standard InChI is InChI=1S/C12H15ClN2S/c1-8-3-2-6-15(8)11-5-4-9(12(14)16)7-10(11)13/h4-5,7-8H,2-3,6H2,1H3,(H2,14,16). The fraction of sp³-hybridized carbons (Fsp3) is 0.417. The summed E-state index contributed by atoms with van der Waals surface area (Å²) in [6.07, 6.45) is 2.46. The molecule has 1 aliphatic rings. The quantitative estimate of drug-likeness (QED) is 0.823. The zero-order valence-corrected chi connectivity index (χ0v) is 10.8. The maximum Gasteiger partial charge on any atom is 0.104 e. The van der Waals surface area contributed by atoms with Gasteiger partial charge in [-0.05, 0) is 38.0 Å². The SMILES string of the molecule is CC1CCCN1c1ccc(C(N)=S)cc1Cl. The van der Waals surface area contributed by atoms with E-state index < -0.39 is 0 Å². The van der Waals surface area contributed by atoms with Gasteiger partial charge in [-0.2, -0.15) is 0 Å². The number of hydrogen-bond acceptors (Lipinski definition) is 2. The first-order valence-corrected chi connectivity index (χ1v) is 6.24. The number of anilines is 1. The first kappa shape index (κ1) is 11.7. The molecule has 1 heterocycles. The van der Waals surface area contributed by atoms with E-state index in [9.17, 15) is 0 Å². The van der Waals surface area contributed by atoms with Crippen molar-refractivity contribution in [2.45, 2.75) is 25.8 Å². The lowest BCUT2D eigenvalue weighted by Crippen LogP contribution is -2.26. The van der Waals surface area contributed by atoms with Crippen LogP contribution in [-0.4, -0.2) is 17.6 Å². The molecule has 0 bridgehead atoms. The molecule has 0 radical (unpaired) electrons. The second kappa shape index (κ2) is 4.60. The first-order valence-electron chi connectivity index (χ1n) is 5.45. The maximum atomic E-state index is 6.26. The van der Waals surface area contributed by atoms with Crippen LogP contribution in [0.1, 0.15) is 25.3 Å². The van der Waals surface area contributed by atoms with Gasteiger partial charge in [-0.15, -0.1) is 0 Å². The first-order chi connectivity index (χ1) is 7.59. The molecule has 2 nitrogen and oxygen atoms in total. The van der Waals surface area contributed by atoms with Gasteiger partial charge >= 0.3 is 0 Å². The van der Waals surface area contributed by atoms with E-state index in [1.54, 1.807) is 0 Å². The molecule has 0 spiro atoms. The molecule has 1 fully saturated rings. The highest BCUT2D eigenvalue weighted by Gasteiger charge is 2.22. The fourth-order valence-corrected chi connectivity index (χ4v) is 2.60. The van der Waals surface area contributed by atoms with Crippen molar-refractivity contribution >= 4 is 34.5 Å². The third kappa shape index (κ3) is 2.15. The molecule has 4 heteroatoms. The molecule has 0 aliphatic carbocycles. The second-order valence-corrected chi connectivity index (χ2v) is 5.06. The number of halogens is 1. The Balaban J connectivity index is 2.32. The number of nitrogens with zero attached hydrogens (tertiary/aromatic N) is 1. The van der Waals surface area contributed by atoms with Crippen molar-refractivity contribution in [2.75, 3.05) is 11.4 Å². The van der Waals surface area contributed by atoms with E-state index in [0.717, 1.165) is 22.8 Å². The van der Waals surface area contributed by atoms with Crippen molar-refractivity contribution in [3.05, 3.63) is 28.8 Å². The Morgan fingerprint density at radius 1 is 1.56 bits per heavy atom. The maximum absolute atomic E-state index is 6.26. The zero-order valence-electron chi connectivity index (χ0n) is 9.24. The van der Waals surface area contributed by atoms with Crippen LogP contribution in [0.25, 0.3) is 0 Å². The summed E-state index contributed by atoms with van der Waals surface area (Å²) in [5, 5.41) is 0.735. The molecule has 2 rings (SSSR count). The number of rotatable bonds is 2. The molecule has 1 aliphatic heterocycles. The highest BCUT2D eigenvalue weighted by atomic mass is 35.5. The number of hydrogen-bond donors (Lipinski definition) is 1. The van der Waals surface area contributed by atoms with Crippen LogP contribution in [-0.2, 0) is 0 Å². The van der Waals surface area contributed by atoms with Gasteiger partial charge in [0.1, 0.15) is 4.99 Å². The minimum absolute atomic E-state index is 0.392. The van der Waals surface area contributed by atoms with Crippen molar-refractivity contribution in [3.63, 3.8) is 0 Å². The van der Waals surface area contributed by atoms with Crippen molar-refractivity contribution in [2.24, 2.45) is 5.73 Å². The van der Waals surface area contributed by atoms with Crippen molar-refractivity contribution in [1.29, 1.82) is 0 Å². The average molecular weight is 255 g/mol. The molecule has 0 amide bonds. The molecular weight excluding hydrogens is 240 g/mol. The topological polar surface area (TPSA) is 29.3 Å². The zero-order chi connectivity index (χ0) is 11.7. The van der Waals surface area contributed by atoms with Gasteiger partial charge < -0.3 is 10.6 Å². The summed E-state index contributed by atoms with van der Waals surface area (Å²) in [4.78, 5) is 2.73. The summed E-state index contributed by atoms with van der Waals surface area (Å²) in [6, 6.07) is 6.37. The molecule has 0 saturated carbocycles. The Morgan fingerprint density at radius 2 is 2.31 bits per heavy atom. The molecular formula is C12H15ClN2S. The van der Waals surface area contributed by atoms with Crippen LogP contribution in [0.4, 0.5) is 5.69 Å². The lowest BCUT2D eigenvalue weighted by molar-refractivity contribution is 0.735. The monoisotopic (exact) mass is 254 g/mol. The lowest BCUT2D eigenvalue weighted by Gasteiger charge is -2.25. The van der Waals surface area contributed by atoms with E-state index in [4.69, 9.17) is 29.6 Å². The smallest absolute Gasteiger partial charge is 0.104 e. The van der Waals surface area contributed by atoms with Crippen molar-refractivity contribution in [3.8, 4) is 0 Å². The molecule has 1 atom stereocenters. The summed E-state index contributed by atoms with van der Waals surface area (Å²) < 4.78 is 0. The van der Waals surface area contributed by atoms with Gasteiger partial charge in [0.15, 0.2) is 0 Å². The highest BCUT2D eigenvalue weighted by molar-refractivity contribution is 7.80. The minimum Gasteiger partial charge on any atom is -0.389 e. The van der Waals surface area contributed by atoms with Gasteiger partial charge in [0.05, 0.1) is 10.7 Å². The molecule has 86 valence electrons. The van der Waals surface area contributed by atoms with E-state index in [1.807, 2.05) is 18.2 Å². The summed E-state index contributed by atoms with van der Waals surface area (Å²) in [5.41, 5.74) is 7.49.